The predicted octanol–water partition coefficient (Wildman–Crippen LogP) is -0.347. The summed E-state index contributed by atoms with van der Waals surface area (Å²) >= 11 is 0. The Labute approximate surface area is 118 Å². The van der Waals surface area contributed by atoms with E-state index in [0.29, 0.717) is 13.1 Å². The Morgan fingerprint density at radius 1 is 1.00 bits per heavy atom. The van der Waals surface area contributed by atoms with Crippen molar-refractivity contribution in [1.82, 2.24) is 5.32 Å². The number of aliphatic hydroxyl groups is 1. The van der Waals surface area contributed by atoms with Gasteiger partial charge < -0.3 is 22.8 Å². The maximum absolute atomic E-state index is 12.7. The summed E-state index contributed by atoms with van der Waals surface area (Å²) in [7, 11) is 0. The van der Waals surface area contributed by atoms with Crippen LogP contribution < -0.4 is 17.7 Å². The van der Waals surface area contributed by atoms with Gasteiger partial charge in [0.05, 0.1) is 6.10 Å². The highest BCUT2D eigenvalue weighted by atomic mass is 35.5. The van der Waals surface area contributed by atoms with Crippen molar-refractivity contribution in [2.24, 2.45) is 0 Å². The van der Waals surface area contributed by atoms with E-state index in [4.69, 9.17) is 0 Å². The van der Waals surface area contributed by atoms with E-state index in [1.54, 1.807) is 12.1 Å². The van der Waals surface area contributed by atoms with Gasteiger partial charge in [-0.25, -0.2) is 4.39 Å². The fourth-order valence-corrected chi connectivity index (χ4v) is 1.75. The van der Waals surface area contributed by atoms with Crippen LogP contribution >= 0.6 is 0 Å². The van der Waals surface area contributed by atoms with Crippen molar-refractivity contribution < 1.29 is 21.9 Å². The molecule has 4 heteroatoms. The summed E-state index contributed by atoms with van der Waals surface area (Å²) in [4.78, 5) is 0. The van der Waals surface area contributed by atoms with E-state index in [0.717, 1.165) is 11.1 Å². The van der Waals surface area contributed by atoms with E-state index < -0.39 is 6.10 Å². The molecule has 0 saturated heterocycles. The summed E-state index contributed by atoms with van der Waals surface area (Å²) in [6.45, 7) is 1.09. The molecule has 2 rings (SSSR count). The van der Waals surface area contributed by atoms with Crippen LogP contribution in [0.15, 0.2) is 54.6 Å². The fourth-order valence-electron chi connectivity index (χ4n) is 1.75. The Hall–Kier alpha value is -1.42. The van der Waals surface area contributed by atoms with Crippen molar-refractivity contribution in [3.8, 4) is 0 Å². The lowest BCUT2D eigenvalue weighted by Crippen LogP contribution is -3.00. The summed E-state index contributed by atoms with van der Waals surface area (Å²) < 4.78 is 12.7. The van der Waals surface area contributed by atoms with Crippen LogP contribution in [0.4, 0.5) is 4.39 Å². The average Bonchev–Trinajstić information content (AvgIpc) is 2.42. The van der Waals surface area contributed by atoms with Gasteiger partial charge >= 0.3 is 0 Å². The van der Waals surface area contributed by atoms with Crippen LogP contribution in [0.1, 0.15) is 17.2 Å². The molecule has 102 valence electrons. The summed E-state index contributed by atoms with van der Waals surface area (Å²) in [5, 5.41) is 13.1. The summed E-state index contributed by atoms with van der Waals surface area (Å²) in [6, 6.07) is 15.8. The van der Waals surface area contributed by atoms with Crippen LogP contribution in [0.5, 0.6) is 0 Å². The van der Waals surface area contributed by atoms with Gasteiger partial charge in [-0.15, -0.1) is 0 Å². The third-order valence-corrected chi connectivity index (χ3v) is 2.76. The molecule has 1 unspecified atom stereocenters. The number of aliphatic hydroxyl groups excluding tert-OH is 1. The minimum absolute atomic E-state index is 0. The molecule has 0 aromatic heterocycles. The second kappa shape index (κ2) is 7.89. The van der Waals surface area contributed by atoms with Gasteiger partial charge in [0, 0.05) is 13.1 Å². The molecule has 2 nitrogen and oxygen atoms in total. The first-order valence-electron chi connectivity index (χ1n) is 5.94. The molecule has 19 heavy (non-hydrogen) atoms. The van der Waals surface area contributed by atoms with Crippen molar-refractivity contribution in [2.75, 3.05) is 6.54 Å². The zero-order valence-electron chi connectivity index (χ0n) is 10.4. The highest BCUT2D eigenvalue weighted by molar-refractivity contribution is 5.18. The lowest BCUT2D eigenvalue weighted by atomic mass is 10.1. The average molecular weight is 281 g/mol. The molecule has 0 radical (unpaired) electrons. The molecular weight excluding hydrogens is 265 g/mol. The Balaban J connectivity index is 0.00000180. The van der Waals surface area contributed by atoms with Crippen molar-refractivity contribution in [3.63, 3.8) is 0 Å². The molecule has 0 saturated carbocycles. The molecule has 0 aliphatic carbocycles. The molecule has 0 bridgehead atoms. The van der Waals surface area contributed by atoms with Crippen LogP contribution in [-0.4, -0.2) is 11.7 Å². The minimum Gasteiger partial charge on any atom is -1.00 e. The second-order valence-electron chi connectivity index (χ2n) is 4.18. The molecule has 2 N–H and O–H groups in total. The van der Waals surface area contributed by atoms with Crippen LogP contribution in [0.25, 0.3) is 0 Å². The second-order valence-corrected chi connectivity index (χ2v) is 4.18. The van der Waals surface area contributed by atoms with Gasteiger partial charge in [-0.3, -0.25) is 0 Å². The molecule has 0 aliphatic heterocycles. The van der Waals surface area contributed by atoms with E-state index in [2.05, 4.69) is 5.32 Å². The van der Waals surface area contributed by atoms with E-state index in [1.807, 2.05) is 30.3 Å². The van der Waals surface area contributed by atoms with Crippen molar-refractivity contribution in [1.29, 1.82) is 0 Å². The monoisotopic (exact) mass is 280 g/mol. The smallest absolute Gasteiger partial charge is 0.123 e. The quantitative estimate of drug-likeness (QED) is 0.785. The van der Waals surface area contributed by atoms with E-state index in [-0.39, 0.29) is 18.2 Å². The normalized spacial score (nSPS) is 11.7. The molecule has 2 aromatic carbocycles. The Bertz CT molecular complexity index is 475. The van der Waals surface area contributed by atoms with Crippen LogP contribution in [0.3, 0.4) is 0 Å². The molecule has 0 fully saturated rings. The molecule has 0 aliphatic rings. The van der Waals surface area contributed by atoms with Gasteiger partial charge in [0.15, 0.2) is 0 Å². The maximum Gasteiger partial charge on any atom is 0.123 e. The fraction of sp³-hybridized carbons (Fsp3) is 0.200. The maximum atomic E-state index is 12.7. The van der Waals surface area contributed by atoms with Crippen molar-refractivity contribution in [3.05, 3.63) is 71.5 Å². The zero-order valence-corrected chi connectivity index (χ0v) is 11.1. The molecular formula is C15H16ClFNO-. The van der Waals surface area contributed by atoms with E-state index in [9.17, 15) is 9.50 Å². The van der Waals surface area contributed by atoms with Gasteiger partial charge in [0.1, 0.15) is 5.82 Å². The SMILES string of the molecule is OC(CNCc1ccc(F)cc1)c1ccccc1.[Cl-]. The first-order chi connectivity index (χ1) is 8.75. The van der Waals surface area contributed by atoms with Gasteiger partial charge in [-0.2, -0.15) is 0 Å². The standard InChI is InChI=1S/C15H16FNO.ClH/c16-14-8-6-12(7-9-14)10-17-11-15(18)13-4-2-1-3-5-13;/h1-9,15,17-18H,10-11H2;1H/p-1. The number of benzene rings is 2. The number of halogens is 2. The summed E-state index contributed by atoms with van der Waals surface area (Å²) in [6.07, 6.45) is -0.522. The first kappa shape index (κ1) is 15.6. The third-order valence-electron chi connectivity index (χ3n) is 2.76. The number of hydrogen-bond acceptors (Lipinski definition) is 2. The van der Waals surface area contributed by atoms with Gasteiger partial charge in [0.2, 0.25) is 0 Å². The van der Waals surface area contributed by atoms with Crippen LogP contribution in [0, 0.1) is 5.82 Å². The van der Waals surface area contributed by atoms with E-state index >= 15 is 0 Å². The topological polar surface area (TPSA) is 32.3 Å². The van der Waals surface area contributed by atoms with Crippen molar-refractivity contribution in [2.45, 2.75) is 12.6 Å². The van der Waals surface area contributed by atoms with Gasteiger partial charge in [-0.05, 0) is 23.3 Å². The first-order valence-corrected chi connectivity index (χ1v) is 5.94. The molecule has 0 heterocycles. The number of nitrogens with one attached hydrogen (secondary N) is 1. The van der Waals surface area contributed by atoms with Gasteiger partial charge in [-0.1, -0.05) is 42.5 Å². The largest absolute Gasteiger partial charge is 1.00 e. The minimum atomic E-state index is -0.522. The zero-order chi connectivity index (χ0) is 12.8. The molecule has 0 amide bonds. The molecule has 0 spiro atoms. The predicted molar refractivity (Wildman–Crippen MR) is 69.5 cm³/mol. The van der Waals surface area contributed by atoms with E-state index in [1.165, 1.54) is 12.1 Å². The van der Waals surface area contributed by atoms with Crippen molar-refractivity contribution >= 4 is 0 Å². The number of hydrogen-bond donors (Lipinski definition) is 2. The highest BCUT2D eigenvalue weighted by Crippen LogP contribution is 2.11. The Morgan fingerprint density at radius 2 is 1.63 bits per heavy atom. The molecule has 2 aromatic rings. The summed E-state index contributed by atoms with van der Waals surface area (Å²) in [5.41, 5.74) is 1.89. The van der Waals surface area contributed by atoms with Gasteiger partial charge in [0.25, 0.3) is 0 Å². The van der Waals surface area contributed by atoms with Crippen LogP contribution in [-0.2, 0) is 6.54 Å². The third kappa shape index (κ3) is 4.99. The summed E-state index contributed by atoms with van der Waals surface area (Å²) in [5.74, 6) is -0.233. The lowest BCUT2D eigenvalue weighted by molar-refractivity contribution is -0.00000595. The Kier molecular flexibility index (Phi) is 6.50. The lowest BCUT2D eigenvalue weighted by Gasteiger charge is -2.12. The highest BCUT2D eigenvalue weighted by Gasteiger charge is 2.05. The molecule has 1 atom stereocenters. The van der Waals surface area contributed by atoms with Crippen LogP contribution in [0.2, 0.25) is 0 Å². The Morgan fingerprint density at radius 3 is 2.26 bits per heavy atom. The number of rotatable bonds is 5.